The smallest absolute Gasteiger partial charge is 0.122 e. The van der Waals surface area contributed by atoms with E-state index in [0.717, 1.165) is 22.4 Å². The van der Waals surface area contributed by atoms with E-state index in [1.165, 1.54) is 0 Å². The predicted octanol–water partition coefficient (Wildman–Crippen LogP) is 3.57. The minimum absolute atomic E-state index is 0.210. The summed E-state index contributed by atoms with van der Waals surface area (Å²) in [5.74, 6) is 0.871. The van der Waals surface area contributed by atoms with Crippen LogP contribution in [0.3, 0.4) is 0 Å². The molecule has 0 saturated carbocycles. The monoisotopic (exact) mass is 236 g/mol. The van der Waals surface area contributed by atoms with E-state index < -0.39 is 5.60 Å². The van der Waals surface area contributed by atoms with Crippen molar-refractivity contribution in [1.29, 1.82) is 0 Å². The minimum atomic E-state index is -0.853. The highest BCUT2D eigenvalue weighted by atomic mass is 16.5. The van der Waals surface area contributed by atoms with Gasteiger partial charge in [0.05, 0.1) is 12.7 Å². The van der Waals surface area contributed by atoms with Gasteiger partial charge in [-0.15, -0.1) is 0 Å². The van der Waals surface area contributed by atoms with E-state index in [1.54, 1.807) is 7.11 Å². The van der Waals surface area contributed by atoms with Crippen LogP contribution in [0.5, 0.6) is 5.75 Å². The van der Waals surface area contributed by atoms with Crippen LogP contribution in [0.2, 0.25) is 0 Å². The fourth-order valence-electron chi connectivity index (χ4n) is 1.94. The van der Waals surface area contributed by atoms with Gasteiger partial charge in [0, 0.05) is 0 Å². The van der Waals surface area contributed by atoms with E-state index in [-0.39, 0.29) is 5.41 Å². The van der Waals surface area contributed by atoms with E-state index in [2.05, 4.69) is 0 Å². The Bertz CT molecular complexity index is 412. The van der Waals surface area contributed by atoms with Crippen molar-refractivity contribution in [3.05, 3.63) is 28.8 Å². The molecule has 17 heavy (non-hydrogen) atoms. The Morgan fingerprint density at radius 3 is 1.94 bits per heavy atom. The van der Waals surface area contributed by atoms with Crippen LogP contribution in [0.1, 0.15) is 44.4 Å². The molecule has 0 saturated heterocycles. The van der Waals surface area contributed by atoms with Crippen molar-refractivity contribution in [2.75, 3.05) is 7.11 Å². The molecule has 1 rings (SSSR count). The first-order valence-electron chi connectivity index (χ1n) is 5.99. The van der Waals surface area contributed by atoms with Gasteiger partial charge in [-0.2, -0.15) is 0 Å². The van der Waals surface area contributed by atoms with Gasteiger partial charge in [0.25, 0.3) is 0 Å². The average Bonchev–Trinajstić information content (AvgIpc) is 2.18. The van der Waals surface area contributed by atoms with Gasteiger partial charge in [0.2, 0.25) is 0 Å². The molecule has 0 aromatic heterocycles. The standard InChI is InChI=1S/C15H24O2/c1-10-9-13(17-7)11(2)8-12(10)15(6,16)14(3,4)5/h8-9,16H,1-7H3. The summed E-state index contributed by atoms with van der Waals surface area (Å²) >= 11 is 0. The molecule has 2 nitrogen and oxygen atoms in total. The molecule has 1 unspecified atom stereocenters. The Labute approximate surface area is 105 Å². The van der Waals surface area contributed by atoms with Crippen molar-refractivity contribution in [1.82, 2.24) is 0 Å². The van der Waals surface area contributed by atoms with Crippen LogP contribution in [-0.2, 0) is 5.60 Å². The fourth-order valence-corrected chi connectivity index (χ4v) is 1.94. The normalized spacial score (nSPS) is 15.5. The topological polar surface area (TPSA) is 29.5 Å². The highest BCUT2D eigenvalue weighted by molar-refractivity contribution is 5.44. The number of benzene rings is 1. The molecule has 1 aromatic carbocycles. The van der Waals surface area contributed by atoms with Crippen LogP contribution in [0.4, 0.5) is 0 Å². The van der Waals surface area contributed by atoms with E-state index in [4.69, 9.17) is 4.74 Å². The zero-order valence-electron chi connectivity index (χ0n) is 12.0. The molecular weight excluding hydrogens is 212 g/mol. The molecule has 1 atom stereocenters. The second kappa shape index (κ2) is 4.34. The molecule has 1 aromatic rings. The zero-order chi connectivity index (χ0) is 13.4. The van der Waals surface area contributed by atoms with E-state index in [0.29, 0.717) is 0 Å². The zero-order valence-corrected chi connectivity index (χ0v) is 12.0. The first-order chi connectivity index (χ1) is 7.61. The second-order valence-electron chi connectivity index (χ2n) is 5.96. The third-order valence-corrected chi connectivity index (χ3v) is 3.73. The van der Waals surface area contributed by atoms with Gasteiger partial charge in [0.1, 0.15) is 5.75 Å². The third-order valence-electron chi connectivity index (χ3n) is 3.73. The third kappa shape index (κ3) is 2.47. The van der Waals surface area contributed by atoms with Gasteiger partial charge in [-0.05, 0) is 55.0 Å². The lowest BCUT2D eigenvalue weighted by Gasteiger charge is -2.39. The van der Waals surface area contributed by atoms with Crippen molar-refractivity contribution in [3.63, 3.8) is 0 Å². The molecule has 96 valence electrons. The second-order valence-corrected chi connectivity index (χ2v) is 5.96. The lowest BCUT2D eigenvalue weighted by molar-refractivity contribution is -0.0475. The van der Waals surface area contributed by atoms with Crippen molar-refractivity contribution < 1.29 is 9.84 Å². The molecular formula is C15H24O2. The highest BCUT2D eigenvalue weighted by Gasteiger charge is 2.38. The Morgan fingerprint density at radius 1 is 1.00 bits per heavy atom. The maximum Gasteiger partial charge on any atom is 0.122 e. The first kappa shape index (κ1) is 14.0. The summed E-state index contributed by atoms with van der Waals surface area (Å²) in [5, 5.41) is 10.8. The van der Waals surface area contributed by atoms with Crippen LogP contribution in [0.15, 0.2) is 12.1 Å². The molecule has 0 fully saturated rings. The largest absolute Gasteiger partial charge is 0.496 e. The number of aliphatic hydroxyl groups is 1. The van der Waals surface area contributed by atoms with Crippen LogP contribution < -0.4 is 4.74 Å². The summed E-state index contributed by atoms with van der Waals surface area (Å²) in [5.41, 5.74) is 2.03. The van der Waals surface area contributed by atoms with E-state index in [1.807, 2.05) is 53.7 Å². The van der Waals surface area contributed by atoms with Crippen LogP contribution in [-0.4, -0.2) is 12.2 Å². The van der Waals surface area contributed by atoms with Gasteiger partial charge in [-0.3, -0.25) is 0 Å². The maximum atomic E-state index is 10.8. The van der Waals surface area contributed by atoms with E-state index >= 15 is 0 Å². The van der Waals surface area contributed by atoms with Crippen LogP contribution in [0, 0.1) is 19.3 Å². The summed E-state index contributed by atoms with van der Waals surface area (Å²) in [6.07, 6.45) is 0. The molecule has 0 heterocycles. The van der Waals surface area contributed by atoms with Crippen LogP contribution in [0.25, 0.3) is 0 Å². The molecule has 2 heteroatoms. The Balaban J connectivity index is 3.38. The van der Waals surface area contributed by atoms with Crippen molar-refractivity contribution >= 4 is 0 Å². The van der Waals surface area contributed by atoms with E-state index in [9.17, 15) is 5.11 Å². The summed E-state index contributed by atoms with van der Waals surface area (Å²) in [4.78, 5) is 0. The van der Waals surface area contributed by atoms with Gasteiger partial charge in [0.15, 0.2) is 0 Å². The number of ether oxygens (including phenoxy) is 1. The molecule has 0 aliphatic heterocycles. The lowest BCUT2D eigenvalue weighted by Crippen LogP contribution is -2.37. The Kier molecular flexibility index (Phi) is 3.58. The predicted molar refractivity (Wildman–Crippen MR) is 71.5 cm³/mol. The number of aryl methyl sites for hydroxylation is 2. The van der Waals surface area contributed by atoms with Crippen LogP contribution >= 0.6 is 0 Å². The highest BCUT2D eigenvalue weighted by Crippen LogP contribution is 2.41. The quantitative estimate of drug-likeness (QED) is 0.850. The summed E-state index contributed by atoms with van der Waals surface area (Å²) in [6, 6.07) is 4.02. The molecule has 0 radical (unpaired) electrons. The molecule has 0 amide bonds. The molecule has 0 spiro atoms. The maximum absolute atomic E-state index is 10.8. The summed E-state index contributed by atoms with van der Waals surface area (Å²) < 4.78 is 5.30. The minimum Gasteiger partial charge on any atom is -0.496 e. The lowest BCUT2D eigenvalue weighted by atomic mass is 9.72. The van der Waals surface area contributed by atoms with Crippen molar-refractivity contribution in [3.8, 4) is 5.75 Å². The summed E-state index contributed by atoms with van der Waals surface area (Å²) in [7, 11) is 1.67. The fraction of sp³-hybridized carbons (Fsp3) is 0.600. The average molecular weight is 236 g/mol. The first-order valence-corrected chi connectivity index (χ1v) is 5.99. The van der Waals surface area contributed by atoms with Gasteiger partial charge in [-0.25, -0.2) is 0 Å². The van der Waals surface area contributed by atoms with Crippen molar-refractivity contribution in [2.45, 2.75) is 47.1 Å². The Morgan fingerprint density at radius 2 is 1.53 bits per heavy atom. The molecule has 0 aliphatic carbocycles. The molecule has 1 N–H and O–H groups in total. The Hall–Kier alpha value is -1.02. The molecule has 0 bridgehead atoms. The van der Waals surface area contributed by atoms with Crippen molar-refractivity contribution in [2.24, 2.45) is 5.41 Å². The number of methoxy groups -OCH3 is 1. The number of rotatable bonds is 2. The van der Waals surface area contributed by atoms with Gasteiger partial charge >= 0.3 is 0 Å². The SMILES string of the molecule is COc1cc(C)c(C(C)(O)C(C)(C)C)cc1C. The number of hydrogen-bond acceptors (Lipinski definition) is 2. The number of hydrogen-bond donors (Lipinski definition) is 1. The molecule has 0 aliphatic rings. The summed E-state index contributed by atoms with van der Waals surface area (Å²) in [6.45, 7) is 12.0. The van der Waals surface area contributed by atoms with Gasteiger partial charge in [-0.1, -0.05) is 20.8 Å². The van der Waals surface area contributed by atoms with Gasteiger partial charge < -0.3 is 9.84 Å².